The molecule has 0 radical (unpaired) electrons. The third-order valence-corrected chi connectivity index (χ3v) is 6.16. The third-order valence-electron chi connectivity index (χ3n) is 5.28. The standard InChI is InChI=1S/C19H23N3OS/c1-11-5-6-16-14(9-11)15-10-21(4)8-7-17(15)22(16)19(23)18-12(2)24-13(3)20-18/h5-6,9,15,17H,7-8,10H2,1-4H3/t15-,17+/m0/s1. The number of thiazole rings is 1. The number of carbonyl (C=O) groups is 1. The highest BCUT2D eigenvalue weighted by molar-refractivity contribution is 7.11. The van der Waals surface area contributed by atoms with Crippen molar-refractivity contribution in [3.05, 3.63) is 44.9 Å². The van der Waals surface area contributed by atoms with Crippen LogP contribution in [0.25, 0.3) is 0 Å². The average Bonchev–Trinajstić information content (AvgIpc) is 3.03. The first kappa shape index (κ1) is 15.8. The third kappa shape index (κ3) is 2.38. The number of amides is 1. The minimum atomic E-state index is 0.0685. The van der Waals surface area contributed by atoms with E-state index in [2.05, 4.69) is 42.1 Å². The Kier molecular flexibility index (Phi) is 3.73. The summed E-state index contributed by atoms with van der Waals surface area (Å²) in [6, 6.07) is 6.75. The number of aryl methyl sites for hydroxylation is 3. The van der Waals surface area contributed by atoms with Gasteiger partial charge in [-0.3, -0.25) is 4.79 Å². The number of hydrogen-bond acceptors (Lipinski definition) is 4. The van der Waals surface area contributed by atoms with E-state index in [9.17, 15) is 4.79 Å². The summed E-state index contributed by atoms with van der Waals surface area (Å²) in [6.45, 7) is 8.14. The Morgan fingerprint density at radius 1 is 1.29 bits per heavy atom. The molecule has 2 atom stereocenters. The molecule has 0 saturated carbocycles. The molecule has 1 saturated heterocycles. The van der Waals surface area contributed by atoms with Gasteiger partial charge in [0, 0.05) is 29.1 Å². The molecule has 2 aliphatic rings. The molecule has 2 aromatic rings. The Morgan fingerprint density at radius 2 is 2.08 bits per heavy atom. The lowest BCUT2D eigenvalue weighted by Gasteiger charge is -2.36. The van der Waals surface area contributed by atoms with Crippen LogP contribution in [0, 0.1) is 20.8 Å². The second-order valence-corrected chi connectivity index (χ2v) is 8.51. The number of likely N-dealkylation sites (tertiary alicyclic amines) is 1. The minimum Gasteiger partial charge on any atom is -0.306 e. The maximum Gasteiger partial charge on any atom is 0.278 e. The molecule has 2 aliphatic heterocycles. The van der Waals surface area contributed by atoms with E-state index in [1.54, 1.807) is 11.3 Å². The van der Waals surface area contributed by atoms with Gasteiger partial charge >= 0.3 is 0 Å². The van der Waals surface area contributed by atoms with Crippen molar-refractivity contribution in [3.63, 3.8) is 0 Å². The first-order valence-corrected chi connectivity index (χ1v) is 9.34. The van der Waals surface area contributed by atoms with Crippen molar-refractivity contribution in [3.8, 4) is 0 Å². The van der Waals surface area contributed by atoms with Crippen molar-refractivity contribution in [1.82, 2.24) is 9.88 Å². The minimum absolute atomic E-state index is 0.0685. The molecule has 0 unspecified atom stereocenters. The summed E-state index contributed by atoms with van der Waals surface area (Å²) < 4.78 is 0. The van der Waals surface area contributed by atoms with Crippen LogP contribution < -0.4 is 4.90 Å². The lowest BCUT2D eigenvalue weighted by molar-refractivity contribution is 0.0960. The molecule has 24 heavy (non-hydrogen) atoms. The summed E-state index contributed by atoms with van der Waals surface area (Å²) in [5, 5.41) is 0.958. The summed E-state index contributed by atoms with van der Waals surface area (Å²) in [7, 11) is 2.17. The summed E-state index contributed by atoms with van der Waals surface area (Å²) in [5.41, 5.74) is 4.30. The Labute approximate surface area is 147 Å². The predicted octanol–water partition coefficient (Wildman–Crippen LogP) is 3.52. The van der Waals surface area contributed by atoms with Crippen LogP contribution in [0.5, 0.6) is 0 Å². The highest BCUT2D eigenvalue weighted by Crippen LogP contribution is 2.45. The van der Waals surface area contributed by atoms with E-state index < -0.39 is 0 Å². The SMILES string of the molecule is Cc1ccc2c(c1)[C@@H]1CN(C)CC[C@H]1N2C(=O)c1nc(C)sc1C. The first-order chi connectivity index (χ1) is 11.5. The van der Waals surface area contributed by atoms with Crippen LogP contribution in [0.3, 0.4) is 0 Å². The zero-order chi connectivity index (χ0) is 17.0. The topological polar surface area (TPSA) is 36.4 Å². The van der Waals surface area contributed by atoms with Crippen LogP contribution in [0.4, 0.5) is 5.69 Å². The number of fused-ring (bicyclic) bond motifs is 3. The van der Waals surface area contributed by atoms with E-state index in [4.69, 9.17) is 0 Å². The fourth-order valence-electron chi connectivity index (χ4n) is 4.19. The smallest absolute Gasteiger partial charge is 0.278 e. The van der Waals surface area contributed by atoms with E-state index in [-0.39, 0.29) is 11.9 Å². The zero-order valence-electron chi connectivity index (χ0n) is 14.7. The molecule has 0 N–H and O–H groups in total. The molecule has 0 spiro atoms. The molecule has 0 aliphatic carbocycles. The van der Waals surface area contributed by atoms with E-state index >= 15 is 0 Å². The summed E-state index contributed by atoms with van der Waals surface area (Å²) in [5.74, 6) is 0.474. The van der Waals surface area contributed by atoms with Crippen LogP contribution in [0.15, 0.2) is 18.2 Å². The largest absolute Gasteiger partial charge is 0.306 e. The fourth-order valence-corrected chi connectivity index (χ4v) is 5.00. The predicted molar refractivity (Wildman–Crippen MR) is 98.2 cm³/mol. The van der Waals surface area contributed by atoms with Crippen LogP contribution in [0.2, 0.25) is 0 Å². The number of rotatable bonds is 1. The summed E-state index contributed by atoms with van der Waals surface area (Å²) in [4.78, 5) is 23.3. The molecule has 1 aromatic carbocycles. The number of hydrogen-bond donors (Lipinski definition) is 0. The Bertz CT molecular complexity index is 813. The van der Waals surface area contributed by atoms with Gasteiger partial charge in [-0.2, -0.15) is 0 Å². The lowest BCUT2D eigenvalue weighted by atomic mass is 9.89. The van der Waals surface area contributed by atoms with Gasteiger partial charge in [0.1, 0.15) is 5.69 Å². The zero-order valence-corrected chi connectivity index (χ0v) is 15.5. The van der Waals surface area contributed by atoms with Gasteiger partial charge in [0.25, 0.3) is 5.91 Å². The van der Waals surface area contributed by atoms with Gasteiger partial charge in [0.05, 0.1) is 5.01 Å². The molecule has 3 heterocycles. The maximum absolute atomic E-state index is 13.3. The second-order valence-electron chi connectivity index (χ2n) is 7.10. The number of carbonyl (C=O) groups excluding carboxylic acids is 1. The quantitative estimate of drug-likeness (QED) is 0.796. The first-order valence-electron chi connectivity index (χ1n) is 8.52. The van der Waals surface area contributed by atoms with Gasteiger partial charge in [-0.25, -0.2) is 4.98 Å². The van der Waals surface area contributed by atoms with Gasteiger partial charge in [0.2, 0.25) is 0 Å². The van der Waals surface area contributed by atoms with Gasteiger partial charge < -0.3 is 9.80 Å². The molecular weight excluding hydrogens is 318 g/mol. The summed E-state index contributed by atoms with van der Waals surface area (Å²) in [6.07, 6.45) is 1.02. The van der Waals surface area contributed by atoms with Gasteiger partial charge in [-0.1, -0.05) is 17.7 Å². The number of anilines is 1. The van der Waals surface area contributed by atoms with Crippen molar-refractivity contribution in [2.24, 2.45) is 0 Å². The van der Waals surface area contributed by atoms with Crippen molar-refractivity contribution < 1.29 is 4.79 Å². The van der Waals surface area contributed by atoms with Crippen molar-refractivity contribution in [2.75, 3.05) is 25.0 Å². The van der Waals surface area contributed by atoms with Crippen LogP contribution in [-0.4, -0.2) is 42.0 Å². The van der Waals surface area contributed by atoms with Crippen molar-refractivity contribution in [2.45, 2.75) is 39.2 Å². The monoisotopic (exact) mass is 341 g/mol. The lowest BCUT2D eigenvalue weighted by Crippen LogP contribution is -2.47. The Hall–Kier alpha value is -1.72. The number of benzene rings is 1. The van der Waals surface area contributed by atoms with Gasteiger partial charge in [-0.15, -0.1) is 11.3 Å². The number of aromatic nitrogens is 1. The number of likely N-dealkylation sites (N-methyl/N-ethyl adjacent to an activating group) is 1. The van der Waals surface area contributed by atoms with Gasteiger partial charge in [-0.05, 0) is 52.4 Å². The Morgan fingerprint density at radius 3 is 2.79 bits per heavy atom. The Balaban J connectivity index is 1.80. The molecule has 1 aromatic heterocycles. The molecule has 5 heteroatoms. The second kappa shape index (κ2) is 5.67. The number of nitrogens with zero attached hydrogens (tertiary/aromatic N) is 3. The van der Waals surface area contributed by atoms with Crippen molar-refractivity contribution >= 4 is 22.9 Å². The highest BCUT2D eigenvalue weighted by atomic mass is 32.1. The normalized spacial score (nSPS) is 23.2. The molecular formula is C19H23N3OS. The van der Waals surface area contributed by atoms with Crippen LogP contribution >= 0.6 is 11.3 Å². The van der Waals surface area contributed by atoms with E-state index in [0.29, 0.717) is 11.6 Å². The molecule has 1 amide bonds. The molecule has 4 nitrogen and oxygen atoms in total. The average molecular weight is 341 g/mol. The molecule has 0 bridgehead atoms. The van der Waals surface area contributed by atoms with Crippen molar-refractivity contribution in [1.29, 1.82) is 0 Å². The molecule has 126 valence electrons. The maximum atomic E-state index is 13.3. The van der Waals surface area contributed by atoms with Gasteiger partial charge in [0.15, 0.2) is 0 Å². The number of piperidine rings is 1. The highest BCUT2D eigenvalue weighted by Gasteiger charge is 2.44. The van der Waals surface area contributed by atoms with Crippen LogP contribution in [-0.2, 0) is 0 Å². The van der Waals surface area contributed by atoms with E-state index in [0.717, 1.165) is 35.1 Å². The molecule has 1 fully saturated rings. The van der Waals surface area contributed by atoms with E-state index in [1.165, 1.54) is 11.1 Å². The van der Waals surface area contributed by atoms with Crippen LogP contribution in [0.1, 0.15) is 43.8 Å². The summed E-state index contributed by atoms with van der Waals surface area (Å²) >= 11 is 1.60. The molecule has 4 rings (SSSR count). The van der Waals surface area contributed by atoms with E-state index in [1.807, 2.05) is 18.7 Å². The fraction of sp³-hybridized carbons (Fsp3) is 0.474.